The van der Waals surface area contributed by atoms with Crippen molar-refractivity contribution < 1.29 is 14.7 Å². The van der Waals surface area contributed by atoms with Gasteiger partial charge in [-0.05, 0) is 24.5 Å². The van der Waals surface area contributed by atoms with Crippen LogP contribution < -0.4 is 10.8 Å². The highest BCUT2D eigenvalue weighted by Crippen LogP contribution is 2.17. The van der Waals surface area contributed by atoms with E-state index in [0.29, 0.717) is 13.0 Å². The lowest BCUT2D eigenvalue weighted by Crippen LogP contribution is -2.41. The van der Waals surface area contributed by atoms with Crippen molar-refractivity contribution in [3.63, 3.8) is 0 Å². The van der Waals surface area contributed by atoms with Crippen LogP contribution in [0.2, 0.25) is 0 Å². The van der Waals surface area contributed by atoms with Crippen LogP contribution in [0.25, 0.3) is 0 Å². The molecule has 0 aliphatic heterocycles. The van der Waals surface area contributed by atoms with Crippen LogP contribution >= 0.6 is 0 Å². The second-order valence-corrected chi connectivity index (χ2v) is 5.41. The van der Waals surface area contributed by atoms with Crippen LogP contribution in [0.1, 0.15) is 30.6 Å². The standard InChI is InChI=1S/C18H22N2O3/c1-14(12-17(21)16-10-6-3-7-11-16)19-18(22)20-23-13-15-8-4-2-5-9-15/h2-11,14,17,21H,12-13H2,1H3,(H2,19,20,22). The number of amides is 2. The molecule has 2 aromatic carbocycles. The lowest BCUT2D eigenvalue weighted by atomic mass is 10.0. The molecule has 0 radical (unpaired) electrons. The number of carbonyl (C=O) groups excluding carboxylic acids is 1. The van der Waals surface area contributed by atoms with E-state index in [9.17, 15) is 9.90 Å². The smallest absolute Gasteiger partial charge is 0.338 e. The number of benzene rings is 2. The van der Waals surface area contributed by atoms with E-state index in [1.54, 1.807) is 0 Å². The van der Waals surface area contributed by atoms with E-state index in [1.807, 2.05) is 67.6 Å². The molecule has 0 aliphatic carbocycles. The first kappa shape index (κ1) is 17.0. The number of carbonyl (C=O) groups is 1. The van der Waals surface area contributed by atoms with Gasteiger partial charge in [0.15, 0.2) is 0 Å². The van der Waals surface area contributed by atoms with Gasteiger partial charge >= 0.3 is 6.03 Å². The van der Waals surface area contributed by atoms with E-state index in [1.165, 1.54) is 0 Å². The topological polar surface area (TPSA) is 70.6 Å². The van der Waals surface area contributed by atoms with Crippen LogP contribution in [0.15, 0.2) is 60.7 Å². The molecular formula is C18H22N2O3. The summed E-state index contributed by atoms with van der Waals surface area (Å²) in [5, 5.41) is 12.9. The van der Waals surface area contributed by atoms with Gasteiger partial charge in [0.1, 0.15) is 0 Å². The SMILES string of the molecule is CC(CC(O)c1ccccc1)NC(=O)NOCc1ccccc1. The van der Waals surface area contributed by atoms with E-state index >= 15 is 0 Å². The van der Waals surface area contributed by atoms with Crippen molar-refractivity contribution in [2.45, 2.75) is 32.1 Å². The fraction of sp³-hybridized carbons (Fsp3) is 0.278. The number of rotatable bonds is 7. The third kappa shape index (κ3) is 6.10. The van der Waals surface area contributed by atoms with Gasteiger partial charge in [-0.2, -0.15) is 0 Å². The Kier molecular flexibility index (Phi) is 6.59. The lowest BCUT2D eigenvalue weighted by molar-refractivity contribution is 0.0475. The van der Waals surface area contributed by atoms with Crippen molar-refractivity contribution in [3.05, 3.63) is 71.8 Å². The molecule has 2 atom stereocenters. The minimum atomic E-state index is -0.614. The molecule has 0 aromatic heterocycles. The third-order valence-corrected chi connectivity index (χ3v) is 3.39. The second kappa shape index (κ2) is 8.92. The molecule has 2 unspecified atom stereocenters. The van der Waals surface area contributed by atoms with Gasteiger partial charge in [-0.25, -0.2) is 10.3 Å². The van der Waals surface area contributed by atoms with E-state index in [-0.39, 0.29) is 6.04 Å². The molecule has 0 fully saturated rings. The zero-order valence-electron chi connectivity index (χ0n) is 13.1. The summed E-state index contributed by atoms with van der Waals surface area (Å²) in [7, 11) is 0. The van der Waals surface area contributed by atoms with Gasteiger partial charge < -0.3 is 10.4 Å². The Bertz CT molecular complexity index is 590. The molecule has 122 valence electrons. The third-order valence-electron chi connectivity index (χ3n) is 3.39. The van der Waals surface area contributed by atoms with Crippen molar-refractivity contribution in [2.24, 2.45) is 0 Å². The maximum absolute atomic E-state index is 11.7. The summed E-state index contributed by atoms with van der Waals surface area (Å²) in [6.07, 6.45) is -0.187. The average molecular weight is 314 g/mol. The van der Waals surface area contributed by atoms with E-state index in [0.717, 1.165) is 11.1 Å². The summed E-state index contributed by atoms with van der Waals surface area (Å²) in [4.78, 5) is 16.9. The van der Waals surface area contributed by atoms with Crippen LogP contribution in [0.4, 0.5) is 4.79 Å². The van der Waals surface area contributed by atoms with Crippen molar-refractivity contribution in [1.82, 2.24) is 10.8 Å². The summed E-state index contributed by atoms with van der Waals surface area (Å²) < 4.78 is 0. The maximum Gasteiger partial charge on any atom is 0.338 e. The van der Waals surface area contributed by atoms with Crippen LogP contribution in [-0.4, -0.2) is 17.2 Å². The number of hydrogen-bond acceptors (Lipinski definition) is 3. The Balaban J connectivity index is 1.68. The summed E-state index contributed by atoms with van der Waals surface area (Å²) in [6.45, 7) is 2.14. The number of aliphatic hydroxyl groups is 1. The molecule has 0 heterocycles. The van der Waals surface area contributed by atoms with Crippen LogP contribution in [0, 0.1) is 0 Å². The van der Waals surface area contributed by atoms with E-state index in [2.05, 4.69) is 10.8 Å². The number of nitrogens with one attached hydrogen (secondary N) is 2. The lowest BCUT2D eigenvalue weighted by Gasteiger charge is -2.18. The van der Waals surface area contributed by atoms with Crippen molar-refractivity contribution in [1.29, 1.82) is 0 Å². The van der Waals surface area contributed by atoms with Crippen LogP contribution in [0.5, 0.6) is 0 Å². The fourth-order valence-electron chi connectivity index (χ4n) is 2.22. The molecule has 5 nitrogen and oxygen atoms in total. The number of aliphatic hydroxyl groups excluding tert-OH is 1. The minimum absolute atomic E-state index is 0.189. The molecule has 0 bridgehead atoms. The molecule has 5 heteroatoms. The summed E-state index contributed by atoms with van der Waals surface area (Å²) in [5.74, 6) is 0. The Hall–Kier alpha value is -2.37. The quantitative estimate of drug-likeness (QED) is 0.688. The van der Waals surface area contributed by atoms with Crippen molar-refractivity contribution >= 4 is 6.03 Å². The highest BCUT2D eigenvalue weighted by molar-refractivity contribution is 5.72. The summed E-state index contributed by atoms with van der Waals surface area (Å²) in [5.41, 5.74) is 4.15. The minimum Gasteiger partial charge on any atom is -0.388 e. The van der Waals surface area contributed by atoms with Gasteiger partial charge in [0.25, 0.3) is 0 Å². The summed E-state index contributed by atoms with van der Waals surface area (Å²) in [6, 6.07) is 18.3. The van der Waals surface area contributed by atoms with Gasteiger partial charge in [-0.3, -0.25) is 4.84 Å². The molecule has 0 aliphatic rings. The first-order valence-corrected chi connectivity index (χ1v) is 7.60. The van der Waals surface area contributed by atoms with Crippen LogP contribution in [0.3, 0.4) is 0 Å². The average Bonchev–Trinajstić information content (AvgIpc) is 2.56. The van der Waals surface area contributed by atoms with Crippen molar-refractivity contribution in [2.75, 3.05) is 0 Å². The van der Waals surface area contributed by atoms with Gasteiger partial charge in [0.05, 0.1) is 12.7 Å². The predicted molar refractivity (Wildman–Crippen MR) is 88.4 cm³/mol. The maximum atomic E-state index is 11.7. The predicted octanol–water partition coefficient (Wildman–Crippen LogP) is 2.93. The highest BCUT2D eigenvalue weighted by atomic mass is 16.7. The second-order valence-electron chi connectivity index (χ2n) is 5.41. The first-order chi connectivity index (χ1) is 11.1. The highest BCUT2D eigenvalue weighted by Gasteiger charge is 2.14. The first-order valence-electron chi connectivity index (χ1n) is 7.60. The number of hydrogen-bond donors (Lipinski definition) is 3. The largest absolute Gasteiger partial charge is 0.388 e. The molecule has 2 rings (SSSR count). The van der Waals surface area contributed by atoms with E-state index in [4.69, 9.17) is 4.84 Å². The Morgan fingerprint density at radius 1 is 1.09 bits per heavy atom. The molecule has 0 spiro atoms. The Morgan fingerprint density at radius 3 is 2.35 bits per heavy atom. The fourth-order valence-corrected chi connectivity index (χ4v) is 2.22. The Labute approximate surface area is 136 Å². The van der Waals surface area contributed by atoms with Crippen LogP contribution in [-0.2, 0) is 11.4 Å². The molecule has 2 aromatic rings. The van der Waals surface area contributed by atoms with Gasteiger partial charge in [-0.1, -0.05) is 60.7 Å². The molecule has 2 amide bonds. The molecule has 0 saturated heterocycles. The normalized spacial score (nSPS) is 13.1. The molecule has 0 saturated carbocycles. The van der Waals surface area contributed by atoms with Gasteiger partial charge in [-0.15, -0.1) is 0 Å². The van der Waals surface area contributed by atoms with E-state index < -0.39 is 12.1 Å². The zero-order valence-corrected chi connectivity index (χ0v) is 13.1. The molecule has 23 heavy (non-hydrogen) atoms. The summed E-state index contributed by atoms with van der Waals surface area (Å²) >= 11 is 0. The van der Waals surface area contributed by atoms with Crippen molar-refractivity contribution in [3.8, 4) is 0 Å². The van der Waals surface area contributed by atoms with Gasteiger partial charge in [0.2, 0.25) is 0 Å². The monoisotopic (exact) mass is 314 g/mol. The number of urea groups is 1. The molecular weight excluding hydrogens is 292 g/mol. The zero-order chi connectivity index (χ0) is 16.5. The molecule has 3 N–H and O–H groups in total. The Morgan fingerprint density at radius 2 is 1.70 bits per heavy atom. The van der Waals surface area contributed by atoms with Gasteiger partial charge in [0, 0.05) is 6.04 Å². The number of hydroxylamine groups is 1.